The number of nitrogens with zero attached hydrogens (tertiary/aromatic N) is 1. The summed E-state index contributed by atoms with van der Waals surface area (Å²) in [7, 11) is 3.70. The van der Waals surface area contributed by atoms with Crippen LogP contribution in [-0.2, 0) is 16.1 Å². The van der Waals surface area contributed by atoms with Crippen LogP contribution in [0.2, 0.25) is 0 Å². The van der Waals surface area contributed by atoms with Crippen LogP contribution in [0.1, 0.15) is 18.4 Å². The van der Waals surface area contributed by atoms with Crippen LogP contribution in [-0.4, -0.2) is 43.7 Å². The standard InChI is InChI=1S/C15H23N3O3/c1-18(9-11-3-5-12(20-2)6-4-11)10-13-7-8-14(21-13)15(19)17-16/h3-6,13-14H,7-10,16H2,1-2H3,(H,17,19). The second-order valence-electron chi connectivity index (χ2n) is 5.38. The maximum Gasteiger partial charge on any atom is 0.263 e. The first-order valence-electron chi connectivity index (χ1n) is 7.09. The summed E-state index contributed by atoms with van der Waals surface area (Å²) < 4.78 is 10.9. The van der Waals surface area contributed by atoms with Crippen molar-refractivity contribution >= 4 is 5.91 Å². The van der Waals surface area contributed by atoms with Gasteiger partial charge in [-0.3, -0.25) is 15.1 Å². The van der Waals surface area contributed by atoms with Crippen LogP contribution in [0, 0.1) is 0 Å². The quantitative estimate of drug-likeness (QED) is 0.458. The molecule has 1 aliphatic heterocycles. The number of carbonyl (C=O) groups excluding carboxylic acids is 1. The highest BCUT2D eigenvalue weighted by Gasteiger charge is 2.30. The van der Waals surface area contributed by atoms with Crippen molar-refractivity contribution in [1.82, 2.24) is 10.3 Å². The summed E-state index contributed by atoms with van der Waals surface area (Å²) >= 11 is 0. The van der Waals surface area contributed by atoms with Gasteiger partial charge in [-0.1, -0.05) is 12.1 Å². The van der Waals surface area contributed by atoms with Gasteiger partial charge in [0.15, 0.2) is 0 Å². The molecule has 0 radical (unpaired) electrons. The summed E-state index contributed by atoms with van der Waals surface area (Å²) in [5, 5.41) is 0. The van der Waals surface area contributed by atoms with Gasteiger partial charge >= 0.3 is 0 Å². The highest BCUT2D eigenvalue weighted by Crippen LogP contribution is 2.21. The van der Waals surface area contributed by atoms with Crippen molar-refractivity contribution in [2.75, 3.05) is 20.7 Å². The van der Waals surface area contributed by atoms with E-state index in [0.717, 1.165) is 31.7 Å². The average molecular weight is 293 g/mol. The predicted octanol–water partition coefficient (Wildman–Crippen LogP) is 0.665. The maximum atomic E-state index is 11.4. The van der Waals surface area contributed by atoms with E-state index in [9.17, 15) is 4.79 Å². The van der Waals surface area contributed by atoms with E-state index >= 15 is 0 Å². The molecule has 1 fully saturated rings. The van der Waals surface area contributed by atoms with Gasteiger partial charge in [0.1, 0.15) is 11.9 Å². The highest BCUT2D eigenvalue weighted by molar-refractivity contribution is 5.80. The van der Waals surface area contributed by atoms with Crippen molar-refractivity contribution in [2.45, 2.75) is 31.6 Å². The van der Waals surface area contributed by atoms with Gasteiger partial charge in [-0.25, -0.2) is 5.84 Å². The molecule has 2 unspecified atom stereocenters. The van der Waals surface area contributed by atoms with Crippen LogP contribution in [0.5, 0.6) is 5.75 Å². The number of ether oxygens (including phenoxy) is 2. The molecule has 0 aromatic heterocycles. The molecule has 0 saturated carbocycles. The molecule has 3 N–H and O–H groups in total. The Morgan fingerprint density at radius 2 is 2.14 bits per heavy atom. The van der Waals surface area contributed by atoms with Crippen molar-refractivity contribution in [2.24, 2.45) is 5.84 Å². The van der Waals surface area contributed by atoms with E-state index in [1.165, 1.54) is 5.56 Å². The van der Waals surface area contributed by atoms with Gasteiger partial charge in [-0.2, -0.15) is 0 Å². The molecule has 1 aliphatic rings. The Bertz CT molecular complexity index is 464. The molecule has 116 valence electrons. The number of rotatable bonds is 6. The first-order chi connectivity index (χ1) is 10.1. The van der Waals surface area contributed by atoms with Crippen LogP contribution in [0.25, 0.3) is 0 Å². The lowest BCUT2D eigenvalue weighted by molar-refractivity contribution is -0.132. The molecule has 0 bridgehead atoms. The molecule has 6 heteroatoms. The number of likely N-dealkylation sites (N-methyl/N-ethyl adjacent to an activating group) is 1. The predicted molar refractivity (Wildman–Crippen MR) is 79.6 cm³/mol. The second kappa shape index (κ2) is 7.40. The Morgan fingerprint density at radius 3 is 2.76 bits per heavy atom. The minimum atomic E-state index is -0.408. The number of benzene rings is 1. The second-order valence-corrected chi connectivity index (χ2v) is 5.38. The number of methoxy groups -OCH3 is 1. The lowest BCUT2D eigenvalue weighted by Crippen LogP contribution is -2.39. The van der Waals surface area contributed by atoms with Crippen LogP contribution in [0.3, 0.4) is 0 Å². The minimum Gasteiger partial charge on any atom is -0.497 e. The lowest BCUT2D eigenvalue weighted by atomic mass is 10.1. The molecule has 21 heavy (non-hydrogen) atoms. The van der Waals surface area contributed by atoms with Crippen molar-refractivity contribution in [3.05, 3.63) is 29.8 Å². The lowest BCUT2D eigenvalue weighted by Gasteiger charge is -2.21. The van der Waals surface area contributed by atoms with Gasteiger partial charge < -0.3 is 9.47 Å². The van der Waals surface area contributed by atoms with Crippen molar-refractivity contribution < 1.29 is 14.3 Å². The van der Waals surface area contributed by atoms with Gasteiger partial charge in [0.05, 0.1) is 13.2 Å². The Kier molecular flexibility index (Phi) is 5.55. The Hall–Kier alpha value is -1.63. The monoisotopic (exact) mass is 293 g/mol. The van der Waals surface area contributed by atoms with Gasteiger partial charge in [-0.15, -0.1) is 0 Å². The summed E-state index contributed by atoms with van der Waals surface area (Å²) in [6.45, 7) is 1.62. The van der Waals surface area contributed by atoms with Gasteiger partial charge in [0.2, 0.25) is 0 Å². The molecule has 2 rings (SSSR count). The third-order valence-corrected chi connectivity index (χ3v) is 3.67. The van der Waals surface area contributed by atoms with Crippen LogP contribution < -0.4 is 16.0 Å². The third-order valence-electron chi connectivity index (χ3n) is 3.67. The molecule has 1 aromatic rings. The number of nitrogens with two attached hydrogens (primary N) is 1. The van der Waals surface area contributed by atoms with Crippen LogP contribution >= 0.6 is 0 Å². The van der Waals surface area contributed by atoms with E-state index in [1.807, 2.05) is 19.2 Å². The van der Waals surface area contributed by atoms with E-state index in [4.69, 9.17) is 15.3 Å². The number of carbonyl (C=O) groups is 1. The molecular formula is C15H23N3O3. The number of hydrogen-bond acceptors (Lipinski definition) is 5. The summed E-state index contributed by atoms with van der Waals surface area (Å²) in [5.41, 5.74) is 3.36. The van der Waals surface area contributed by atoms with Crippen molar-refractivity contribution in [3.8, 4) is 5.75 Å². The number of amides is 1. The summed E-state index contributed by atoms with van der Waals surface area (Å²) in [6.07, 6.45) is 1.28. The third kappa shape index (κ3) is 4.42. The fraction of sp³-hybridized carbons (Fsp3) is 0.533. The van der Waals surface area contributed by atoms with Gasteiger partial charge in [-0.05, 0) is 37.6 Å². The first-order valence-corrected chi connectivity index (χ1v) is 7.09. The van der Waals surface area contributed by atoms with Crippen LogP contribution in [0.15, 0.2) is 24.3 Å². The van der Waals surface area contributed by atoms with E-state index < -0.39 is 6.10 Å². The molecule has 0 aliphatic carbocycles. The molecule has 6 nitrogen and oxygen atoms in total. The average Bonchev–Trinajstić information content (AvgIpc) is 2.95. The van der Waals surface area contributed by atoms with E-state index in [0.29, 0.717) is 0 Å². The van der Waals surface area contributed by atoms with E-state index in [-0.39, 0.29) is 12.0 Å². The Labute approximate surface area is 125 Å². The van der Waals surface area contributed by atoms with Gasteiger partial charge in [0, 0.05) is 13.1 Å². The number of hydrazine groups is 1. The van der Waals surface area contributed by atoms with Crippen molar-refractivity contribution in [1.29, 1.82) is 0 Å². The molecule has 1 aromatic carbocycles. The van der Waals surface area contributed by atoms with E-state index in [1.54, 1.807) is 7.11 Å². The Morgan fingerprint density at radius 1 is 1.43 bits per heavy atom. The maximum absolute atomic E-state index is 11.4. The van der Waals surface area contributed by atoms with Crippen LogP contribution in [0.4, 0.5) is 0 Å². The molecule has 1 saturated heterocycles. The normalized spacial score (nSPS) is 21.5. The fourth-order valence-electron chi connectivity index (χ4n) is 2.58. The number of nitrogens with one attached hydrogen (secondary N) is 1. The first kappa shape index (κ1) is 15.8. The largest absolute Gasteiger partial charge is 0.497 e. The van der Waals surface area contributed by atoms with Gasteiger partial charge in [0.25, 0.3) is 5.91 Å². The van der Waals surface area contributed by atoms with Crippen molar-refractivity contribution in [3.63, 3.8) is 0 Å². The summed E-state index contributed by atoms with van der Waals surface area (Å²) in [6, 6.07) is 8.01. The molecule has 1 heterocycles. The highest BCUT2D eigenvalue weighted by atomic mass is 16.5. The smallest absolute Gasteiger partial charge is 0.263 e. The van der Waals surface area contributed by atoms with E-state index in [2.05, 4.69) is 22.5 Å². The minimum absolute atomic E-state index is 0.0792. The molecule has 0 spiro atoms. The zero-order chi connectivity index (χ0) is 15.2. The SMILES string of the molecule is COc1ccc(CN(C)CC2CCC(C(=O)NN)O2)cc1. The fourth-order valence-corrected chi connectivity index (χ4v) is 2.58. The molecular weight excluding hydrogens is 270 g/mol. The Balaban J connectivity index is 1.79. The zero-order valence-corrected chi connectivity index (χ0v) is 12.5. The summed E-state index contributed by atoms with van der Waals surface area (Å²) in [4.78, 5) is 13.6. The molecule has 2 atom stereocenters. The summed E-state index contributed by atoms with van der Waals surface area (Å²) in [5.74, 6) is 5.74. The topological polar surface area (TPSA) is 76.8 Å². The zero-order valence-electron chi connectivity index (χ0n) is 12.5. The number of hydrogen-bond donors (Lipinski definition) is 2. The molecule has 1 amide bonds.